The van der Waals surface area contributed by atoms with Crippen LogP contribution in [0.4, 0.5) is 0 Å². The minimum Gasteiger partial charge on any atom is -0.465 e. The summed E-state index contributed by atoms with van der Waals surface area (Å²) in [5.41, 5.74) is 0. The summed E-state index contributed by atoms with van der Waals surface area (Å²) in [5.74, 6) is 4.98. The van der Waals surface area contributed by atoms with E-state index < -0.39 is 0 Å². The Morgan fingerprint density at radius 3 is 2.17 bits per heavy atom. The van der Waals surface area contributed by atoms with Crippen LogP contribution in [0, 0.1) is 0 Å². The maximum Gasteiger partial charge on any atom is 0.306 e. The first-order valence-corrected chi connectivity index (χ1v) is 17.4. The molecule has 0 atom stereocenters. The van der Waals surface area contributed by atoms with Crippen molar-refractivity contribution in [3.8, 4) is 0 Å². The van der Waals surface area contributed by atoms with Gasteiger partial charge < -0.3 is 9.84 Å². The topological polar surface area (TPSA) is 65.0 Å². The molecular formula is C17H34O5S7. The fourth-order valence-corrected chi connectivity index (χ4v) is 8.43. The van der Waals surface area contributed by atoms with Crippen molar-refractivity contribution in [3.05, 3.63) is 0 Å². The molecule has 5 nitrogen and oxygen atoms in total. The molecule has 0 aliphatic heterocycles. The van der Waals surface area contributed by atoms with Gasteiger partial charge in [-0.2, -0.15) is 35.3 Å². The van der Waals surface area contributed by atoms with Crippen molar-refractivity contribution in [3.63, 3.8) is 0 Å². The monoisotopic (exact) mass is 542 g/mol. The second kappa shape index (κ2) is 27.8. The van der Waals surface area contributed by atoms with Crippen LogP contribution in [0.2, 0.25) is 0 Å². The van der Waals surface area contributed by atoms with Gasteiger partial charge in [-0.25, -0.2) is 9.78 Å². The summed E-state index contributed by atoms with van der Waals surface area (Å²) in [4.78, 5) is 21.7. The second-order valence-electron chi connectivity index (χ2n) is 5.11. The van der Waals surface area contributed by atoms with E-state index in [1.807, 2.05) is 58.8 Å². The number of esters is 1. The van der Waals surface area contributed by atoms with Crippen LogP contribution in [0.25, 0.3) is 0 Å². The maximum absolute atomic E-state index is 11.7. The third kappa shape index (κ3) is 27.8. The number of thioether (sulfide) groups is 7. The molecule has 0 aliphatic rings. The van der Waals surface area contributed by atoms with Crippen molar-refractivity contribution in [1.29, 1.82) is 0 Å². The Bertz CT molecular complexity index is 343. The summed E-state index contributed by atoms with van der Waals surface area (Å²) in [6.45, 7) is 3.47. The molecule has 174 valence electrons. The van der Waals surface area contributed by atoms with Crippen molar-refractivity contribution in [2.45, 2.75) is 19.8 Å². The van der Waals surface area contributed by atoms with Gasteiger partial charge in [-0.1, -0.05) is 6.92 Å². The van der Waals surface area contributed by atoms with Crippen molar-refractivity contribution < 1.29 is 24.4 Å². The van der Waals surface area contributed by atoms with Crippen LogP contribution in [0.3, 0.4) is 0 Å². The van der Waals surface area contributed by atoms with Crippen LogP contribution < -0.4 is 0 Å². The number of hydrogen-bond donors (Lipinski definition) is 1. The van der Waals surface area contributed by atoms with E-state index in [0.29, 0.717) is 31.3 Å². The lowest BCUT2D eigenvalue weighted by Crippen LogP contribution is -2.08. The molecule has 0 rings (SSSR count). The predicted octanol–water partition coefficient (Wildman–Crippen LogP) is 5.19. The van der Waals surface area contributed by atoms with Crippen molar-refractivity contribution in [2.24, 2.45) is 0 Å². The fourth-order valence-electron chi connectivity index (χ4n) is 1.48. The lowest BCUT2D eigenvalue weighted by molar-refractivity contribution is -0.278. The number of aliphatic hydroxyl groups excluding tert-OH is 1. The zero-order valence-electron chi connectivity index (χ0n) is 17.0. The Morgan fingerprint density at radius 1 is 0.759 bits per heavy atom. The molecule has 0 aliphatic carbocycles. The predicted molar refractivity (Wildman–Crippen MR) is 142 cm³/mol. The summed E-state index contributed by atoms with van der Waals surface area (Å²) >= 11 is 12.8. The molecule has 0 spiro atoms. The number of rotatable bonds is 24. The van der Waals surface area contributed by atoms with E-state index >= 15 is 0 Å². The van der Waals surface area contributed by atoms with E-state index in [9.17, 15) is 4.79 Å². The molecule has 0 unspecified atom stereocenters. The molecule has 0 aromatic carbocycles. The van der Waals surface area contributed by atoms with Crippen molar-refractivity contribution >= 4 is 88.3 Å². The van der Waals surface area contributed by atoms with E-state index in [2.05, 4.69) is 6.92 Å². The zero-order chi connectivity index (χ0) is 21.3. The molecule has 0 aromatic heterocycles. The third-order valence-corrected chi connectivity index (χ3v) is 10.8. The van der Waals surface area contributed by atoms with Gasteiger partial charge >= 0.3 is 5.97 Å². The molecule has 0 radical (unpaired) electrons. The summed E-state index contributed by atoms with van der Waals surface area (Å²) in [6, 6.07) is 0. The molecule has 29 heavy (non-hydrogen) atoms. The van der Waals surface area contributed by atoms with Crippen molar-refractivity contribution in [1.82, 2.24) is 0 Å². The van der Waals surface area contributed by atoms with Crippen molar-refractivity contribution in [2.75, 3.05) is 74.9 Å². The Hall–Kier alpha value is 1.80. The summed E-state index contributed by atoms with van der Waals surface area (Å²) < 4.78 is 5.26. The SMILES string of the molecule is CCSCSCSCCOC(=O)CCSCSCSCCCOOCSCCO. The minimum atomic E-state index is -0.0800. The minimum absolute atomic E-state index is 0.0800. The highest BCUT2D eigenvalue weighted by molar-refractivity contribution is 8.23. The molecule has 0 aromatic rings. The van der Waals surface area contributed by atoms with Crippen LogP contribution in [-0.2, 0) is 19.3 Å². The van der Waals surface area contributed by atoms with Gasteiger partial charge in [0.1, 0.15) is 12.5 Å². The summed E-state index contributed by atoms with van der Waals surface area (Å²) in [7, 11) is 0. The smallest absolute Gasteiger partial charge is 0.306 e. The van der Waals surface area contributed by atoms with Gasteiger partial charge in [-0.15, -0.1) is 47.0 Å². The number of carbonyl (C=O) groups excluding carboxylic acids is 1. The van der Waals surface area contributed by atoms with Crippen LogP contribution in [0.15, 0.2) is 0 Å². The highest BCUT2D eigenvalue weighted by atomic mass is 32.2. The van der Waals surface area contributed by atoms with Crippen LogP contribution in [0.5, 0.6) is 0 Å². The van der Waals surface area contributed by atoms with Gasteiger partial charge in [-0.05, 0) is 17.9 Å². The molecule has 0 fully saturated rings. The van der Waals surface area contributed by atoms with Crippen LogP contribution >= 0.6 is 82.3 Å². The van der Waals surface area contributed by atoms with E-state index in [1.54, 1.807) is 11.8 Å². The molecular weight excluding hydrogens is 509 g/mol. The normalized spacial score (nSPS) is 11.1. The van der Waals surface area contributed by atoms with E-state index in [-0.39, 0.29) is 12.6 Å². The molecule has 0 saturated carbocycles. The number of ether oxygens (including phenoxy) is 1. The Labute approximate surface area is 206 Å². The Kier molecular flexibility index (Phi) is 29.6. The largest absolute Gasteiger partial charge is 0.465 e. The lowest BCUT2D eigenvalue weighted by atomic mass is 10.5. The fraction of sp³-hybridized carbons (Fsp3) is 0.941. The summed E-state index contributed by atoms with van der Waals surface area (Å²) in [6.07, 6.45) is 1.46. The maximum atomic E-state index is 11.7. The molecule has 0 amide bonds. The second-order valence-corrected chi connectivity index (χ2v) is 14.2. The third-order valence-electron chi connectivity index (χ3n) is 2.78. The standard InChI is InChI=1S/C17H34O5S7/c1-2-23-13-28-16-27-11-7-20-17(19)4-9-26-15-29-14-25-8-3-6-21-22-12-24-10-5-18/h18H,2-16H2,1H3. The van der Waals surface area contributed by atoms with Gasteiger partial charge in [0.05, 0.1) is 19.6 Å². The molecule has 0 bridgehead atoms. The van der Waals surface area contributed by atoms with Gasteiger partial charge in [0.15, 0.2) is 0 Å². The number of aliphatic hydroxyl groups is 1. The molecule has 12 heteroatoms. The van der Waals surface area contributed by atoms with E-state index in [0.717, 1.165) is 44.0 Å². The average molecular weight is 543 g/mol. The summed E-state index contributed by atoms with van der Waals surface area (Å²) in [5, 5.41) is 12.9. The highest BCUT2D eigenvalue weighted by Gasteiger charge is 2.03. The van der Waals surface area contributed by atoms with Gasteiger partial charge in [0, 0.05) is 37.6 Å². The zero-order valence-corrected chi connectivity index (χ0v) is 22.8. The Morgan fingerprint density at radius 2 is 1.45 bits per heavy atom. The molecule has 0 heterocycles. The van der Waals surface area contributed by atoms with Gasteiger partial charge in [0.25, 0.3) is 0 Å². The molecule has 0 saturated heterocycles. The lowest BCUT2D eigenvalue weighted by Gasteiger charge is -2.05. The van der Waals surface area contributed by atoms with Gasteiger partial charge in [0.2, 0.25) is 0 Å². The van der Waals surface area contributed by atoms with Crippen LogP contribution in [-0.4, -0.2) is 85.9 Å². The first-order valence-electron chi connectivity index (χ1n) is 9.36. The quantitative estimate of drug-likeness (QED) is 0.0574. The van der Waals surface area contributed by atoms with Gasteiger partial charge in [-0.3, -0.25) is 4.79 Å². The highest BCUT2D eigenvalue weighted by Crippen LogP contribution is 2.19. The molecule has 1 N–H and O–H groups in total. The van der Waals surface area contributed by atoms with E-state index in [4.69, 9.17) is 19.6 Å². The van der Waals surface area contributed by atoms with Crippen LogP contribution in [0.1, 0.15) is 19.8 Å². The number of hydrogen-bond acceptors (Lipinski definition) is 12. The first kappa shape index (κ1) is 30.8. The number of carbonyl (C=O) groups is 1. The first-order chi connectivity index (χ1) is 14.3. The van der Waals surface area contributed by atoms with E-state index in [1.165, 1.54) is 17.5 Å². The average Bonchev–Trinajstić information content (AvgIpc) is 2.72. The Balaban J connectivity index is 3.12.